The molecule has 0 rings (SSSR count). The molecule has 0 amide bonds. The minimum absolute atomic E-state index is 0.765. The van der Waals surface area contributed by atoms with Crippen molar-refractivity contribution in [2.24, 2.45) is 5.41 Å². The van der Waals surface area contributed by atoms with Crippen molar-refractivity contribution in [2.75, 3.05) is 0 Å². The lowest BCUT2D eigenvalue weighted by molar-refractivity contribution is -0.631. The molecule has 0 aromatic carbocycles. The highest BCUT2D eigenvalue weighted by atomic mass is 19.5. The maximum atomic E-state index is 14.4. The normalized spacial score (nSPS) is 16.8. The molecule has 0 aliphatic rings. The van der Waals surface area contributed by atoms with Gasteiger partial charge in [0.05, 0.1) is 0 Å². The van der Waals surface area contributed by atoms with Crippen LogP contribution in [-0.2, 0) is 18.9 Å². The van der Waals surface area contributed by atoms with E-state index in [1.165, 1.54) is 0 Å². The van der Waals surface area contributed by atoms with E-state index in [-0.39, 0.29) is 0 Å². The van der Waals surface area contributed by atoms with Crippen LogP contribution in [0.4, 0.5) is 123 Å². The minimum atomic E-state index is -10.2. The minimum Gasteiger partial charge on any atom is -0.247 e. The molecule has 0 aromatic rings. The van der Waals surface area contributed by atoms with Crippen molar-refractivity contribution in [1.82, 2.24) is 0 Å². The Morgan fingerprint density at radius 1 is 0.178 bits per heavy atom. The van der Waals surface area contributed by atoms with Gasteiger partial charge in [-0.15, -0.1) is 0 Å². The Balaban J connectivity index is 8.65. The number of halogens is 28. The van der Waals surface area contributed by atoms with Crippen molar-refractivity contribution >= 4 is 0 Å². The van der Waals surface area contributed by atoms with Crippen molar-refractivity contribution in [2.45, 2.75) is 73.6 Å². The molecule has 272 valence electrons. The lowest BCUT2D eigenvalue weighted by atomic mass is 9.80. The van der Waals surface area contributed by atoms with Crippen LogP contribution in [0.5, 0.6) is 0 Å². The van der Waals surface area contributed by atoms with Crippen molar-refractivity contribution < 1.29 is 142 Å². The average Bonchev–Trinajstić information content (AvgIpc) is 2.59. The third-order valence-electron chi connectivity index (χ3n) is 4.09. The second kappa shape index (κ2) is 11.0. The van der Waals surface area contributed by atoms with E-state index in [0.29, 0.717) is 0 Å². The highest BCUT2D eigenvalue weighted by Crippen LogP contribution is 2.70. The van der Waals surface area contributed by atoms with Crippen LogP contribution in [0.1, 0.15) is 0 Å². The highest BCUT2D eigenvalue weighted by molar-refractivity contribution is 5.08. The lowest BCUT2D eigenvalue weighted by Gasteiger charge is -2.50. The number of hydrogen-bond donors (Lipinski definition) is 0. The van der Waals surface area contributed by atoms with Gasteiger partial charge in [-0.2, -0.15) is 123 Å². The fourth-order valence-electron chi connectivity index (χ4n) is 2.20. The van der Waals surface area contributed by atoms with Crippen LogP contribution >= 0.6 is 0 Å². The predicted molar refractivity (Wildman–Crippen MR) is 70.6 cm³/mol. The van der Waals surface area contributed by atoms with E-state index in [9.17, 15) is 123 Å². The summed E-state index contributed by atoms with van der Waals surface area (Å²) in [5.41, 5.74) is -10.2. The maximum absolute atomic E-state index is 14.4. The van der Waals surface area contributed by atoms with E-state index in [1.807, 2.05) is 0 Å². The van der Waals surface area contributed by atoms with Crippen molar-refractivity contribution in [3.63, 3.8) is 0 Å². The fourth-order valence-corrected chi connectivity index (χ4v) is 2.20. The molecule has 0 bridgehead atoms. The van der Waals surface area contributed by atoms with Gasteiger partial charge in [0.15, 0.2) is 0 Å². The molecular formula is C13F28O4. The summed E-state index contributed by atoms with van der Waals surface area (Å²) >= 11 is 0. The van der Waals surface area contributed by atoms with E-state index in [1.54, 1.807) is 0 Å². The van der Waals surface area contributed by atoms with Gasteiger partial charge in [-0.25, -0.2) is 18.9 Å². The van der Waals surface area contributed by atoms with Gasteiger partial charge in [0, 0.05) is 0 Å². The van der Waals surface area contributed by atoms with Gasteiger partial charge in [0.25, 0.3) is 0 Å². The molecule has 0 atom stereocenters. The summed E-state index contributed by atoms with van der Waals surface area (Å²) in [4.78, 5) is 0. The molecule has 0 aliphatic carbocycles. The van der Waals surface area contributed by atoms with Gasteiger partial charge >= 0.3 is 79.0 Å². The topological polar surface area (TPSA) is 36.9 Å². The molecule has 0 N–H and O–H groups in total. The van der Waals surface area contributed by atoms with E-state index >= 15 is 0 Å². The lowest BCUT2D eigenvalue weighted by Crippen LogP contribution is -2.78. The SMILES string of the molecule is FC(F)(F)C(F)(F)OC(F)(F)C(C(F)(F)OC(F)(F)C(F)(F)F)(C(F)(F)OC(F)(F)C(F)(F)F)C(F)(F)OC(F)(F)C(F)(F)F. The molecule has 0 unspecified atom stereocenters. The van der Waals surface area contributed by atoms with E-state index < -0.39 is 79.0 Å². The third kappa shape index (κ3) is 7.56. The number of alkyl halides is 28. The predicted octanol–water partition coefficient (Wildman–Crippen LogP) is 9.03. The summed E-state index contributed by atoms with van der Waals surface area (Å²) in [6.07, 6.45) is -105. The zero-order chi connectivity index (χ0) is 37.3. The van der Waals surface area contributed by atoms with Gasteiger partial charge in [-0.05, 0) is 0 Å². The third-order valence-corrected chi connectivity index (χ3v) is 4.09. The molecule has 0 saturated carbocycles. The molecule has 4 nitrogen and oxygen atoms in total. The largest absolute Gasteiger partial charge is 0.483 e. The number of ether oxygens (including phenoxy) is 4. The summed E-state index contributed by atoms with van der Waals surface area (Å²) in [5, 5.41) is 0. The highest BCUT2D eigenvalue weighted by Gasteiger charge is 2.98. The summed E-state index contributed by atoms with van der Waals surface area (Å²) in [7, 11) is 0. The van der Waals surface area contributed by atoms with Crippen LogP contribution in [0, 0.1) is 5.41 Å². The van der Waals surface area contributed by atoms with Crippen LogP contribution in [-0.4, -0.2) is 73.6 Å². The fraction of sp³-hybridized carbons (Fsp3) is 1.00. The van der Waals surface area contributed by atoms with Gasteiger partial charge in [-0.3, -0.25) is 0 Å². The monoisotopic (exact) mass is 752 g/mol. The Hall–Kier alpha value is -2.12. The Morgan fingerprint density at radius 2 is 0.289 bits per heavy atom. The first kappa shape index (κ1) is 42.9. The van der Waals surface area contributed by atoms with E-state index in [4.69, 9.17) is 0 Å². The first-order valence-corrected chi connectivity index (χ1v) is 8.92. The van der Waals surface area contributed by atoms with Gasteiger partial charge in [0.1, 0.15) is 0 Å². The Labute approximate surface area is 222 Å². The molecule has 0 spiro atoms. The van der Waals surface area contributed by atoms with Crippen molar-refractivity contribution in [3.8, 4) is 0 Å². The summed E-state index contributed by atoms with van der Waals surface area (Å²) in [6.45, 7) is 0. The summed E-state index contributed by atoms with van der Waals surface area (Å²) in [6, 6.07) is 0. The summed E-state index contributed by atoms with van der Waals surface area (Å²) < 4.78 is 370. The first-order valence-electron chi connectivity index (χ1n) is 8.92. The molecule has 0 heterocycles. The Morgan fingerprint density at radius 3 is 0.378 bits per heavy atom. The van der Waals surface area contributed by atoms with E-state index in [0.717, 1.165) is 18.9 Å². The molecule has 0 aliphatic heterocycles. The molecular weight excluding hydrogens is 752 g/mol. The van der Waals surface area contributed by atoms with Gasteiger partial charge in [0.2, 0.25) is 0 Å². The quantitative estimate of drug-likeness (QED) is 0.187. The number of hydrogen-bond acceptors (Lipinski definition) is 4. The molecule has 32 heteroatoms. The van der Waals surface area contributed by atoms with Crippen molar-refractivity contribution in [1.29, 1.82) is 0 Å². The molecule has 0 radical (unpaired) electrons. The van der Waals surface area contributed by atoms with E-state index in [2.05, 4.69) is 0 Å². The smallest absolute Gasteiger partial charge is 0.247 e. The zero-order valence-electron chi connectivity index (χ0n) is 18.7. The second-order valence-electron chi connectivity index (χ2n) is 7.28. The zero-order valence-corrected chi connectivity index (χ0v) is 18.7. The van der Waals surface area contributed by atoms with Crippen LogP contribution in [0.2, 0.25) is 0 Å². The molecule has 45 heavy (non-hydrogen) atoms. The second-order valence-corrected chi connectivity index (χ2v) is 7.28. The van der Waals surface area contributed by atoms with Crippen LogP contribution < -0.4 is 0 Å². The maximum Gasteiger partial charge on any atom is 0.483 e. The Kier molecular flexibility index (Phi) is 10.5. The standard InChI is InChI=1S/C13F28O4/c14-2(15,16)10(34,35)42-6(26,27)1(7(28,29)43-11(36,37)3(17,18)19,8(30,31)44-12(38,39)4(20,21)22)9(32,33)45-13(40,41)5(23,24)25. The summed E-state index contributed by atoms with van der Waals surface area (Å²) in [5.74, 6) is 0. The number of rotatable bonds is 12. The average molecular weight is 752 g/mol. The van der Waals surface area contributed by atoms with Gasteiger partial charge < -0.3 is 0 Å². The van der Waals surface area contributed by atoms with Gasteiger partial charge in [-0.1, -0.05) is 0 Å². The van der Waals surface area contributed by atoms with Crippen molar-refractivity contribution in [3.05, 3.63) is 0 Å². The molecule has 0 fully saturated rings. The van der Waals surface area contributed by atoms with Crippen LogP contribution in [0.3, 0.4) is 0 Å². The first-order chi connectivity index (χ1) is 18.8. The Bertz CT molecular complexity index is 862. The van der Waals surface area contributed by atoms with Crippen LogP contribution in [0.25, 0.3) is 0 Å². The van der Waals surface area contributed by atoms with Crippen LogP contribution in [0.15, 0.2) is 0 Å². The molecule has 0 saturated heterocycles. The molecule has 0 aromatic heterocycles.